The average Bonchev–Trinajstić information content (AvgIpc) is 3.05. The molecular weight excluding hydrogens is 361 g/mol. The van der Waals surface area contributed by atoms with Crippen molar-refractivity contribution in [1.82, 2.24) is 0 Å². The quantitative estimate of drug-likeness (QED) is 0.595. The summed E-state index contributed by atoms with van der Waals surface area (Å²) >= 11 is 12.3. The number of benzene rings is 2. The van der Waals surface area contributed by atoms with Crippen LogP contribution >= 0.6 is 23.2 Å². The first-order chi connectivity index (χ1) is 12.0. The minimum atomic E-state index is -0.412. The third kappa shape index (κ3) is 3.76. The Bertz CT molecular complexity index is 925. The second kappa shape index (κ2) is 7.13. The standard InChI is InChI=1S/C19H13Cl2NO3/c1-11(23)12-5-7-13(8-6-12)22-19(24)17-10-9-16(25-17)18-14(20)3-2-4-15(18)21/h2-10H,1H3,(H,22,24). The molecule has 1 heterocycles. The van der Waals surface area contributed by atoms with E-state index in [0.717, 1.165) is 0 Å². The zero-order valence-electron chi connectivity index (χ0n) is 13.2. The van der Waals surface area contributed by atoms with Crippen LogP contribution in [0.25, 0.3) is 11.3 Å². The zero-order chi connectivity index (χ0) is 18.0. The molecule has 3 aromatic rings. The molecule has 6 heteroatoms. The van der Waals surface area contributed by atoms with Gasteiger partial charge in [-0.1, -0.05) is 29.3 Å². The number of nitrogens with one attached hydrogen (secondary N) is 1. The van der Waals surface area contributed by atoms with Crippen LogP contribution in [0.2, 0.25) is 10.0 Å². The van der Waals surface area contributed by atoms with Gasteiger partial charge in [-0.3, -0.25) is 9.59 Å². The van der Waals surface area contributed by atoms with Crippen molar-refractivity contribution in [2.24, 2.45) is 0 Å². The number of halogens is 2. The first kappa shape index (κ1) is 17.3. The minimum Gasteiger partial charge on any atom is -0.451 e. The number of carbonyl (C=O) groups is 2. The fourth-order valence-corrected chi connectivity index (χ4v) is 2.89. The third-order valence-electron chi connectivity index (χ3n) is 3.59. The number of hydrogen-bond acceptors (Lipinski definition) is 3. The molecule has 0 aliphatic rings. The van der Waals surface area contributed by atoms with Crippen LogP contribution in [0.1, 0.15) is 27.8 Å². The highest BCUT2D eigenvalue weighted by atomic mass is 35.5. The molecule has 0 fully saturated rings. The average molecular weight is 374 g/mol. The number of anilines is 1. The van der Waals surface area contributed by atoms with Crippen molar-refractivity contribution < 1.29 is 14.0 Å². The SMILES string of the molecule is CC(=O)c1ccc(NC(=O)c2ccc(-c3c(Cl)cccc3Cl)o2)cc1. The Hall–Kier alpha value is -2.56. The summed E-state index contributed by atoms with van der Waals surface area (Å²) in [5, 5.41) is 3.59. The monoisotopic (exact) mass is 373 g/mol. The molecule has 2 aromatic carbocycles. The van der Waals surface area contributed by atoms with Gasteiger partial charge in [-0.05, 0) is 55.5 Å². The summed E-state index contributed by atoms with van der Waals surface area (Å²) in [5.74, 6) is 0.0875. The number of Topliss-reactive ketones (excluding diaryl/α,β-unsaturated/α-hetero) is 1. The molecule has 0 bridgehead atoms. The van der Waals surface area contributed by atoms with Crippen LogP contribution in [0.4, 0.5) is 5.69 Å². The molecule has 1 N–H and O–H groups in total. The lowest BCUT2D eigenvalue weighted by atomic mass is 10.1. The molecule has 3 rings (SSSR count). The van der Waals surface area contributed by atoms with E-state index < -0.39 is 5.91 Å². The summed E-state index contributed by atoms with van der Waals surface area (Å²) < 4.78 is 5.59. The smallest absolute Gasteiger partial charge is 0.291 e. The molecule has 0 atom stereocenters. The third-order valence-corrected chi connectivity index (χ3v) is 4.22. The normalized spacial score (nSPS) is 10.5. The Labute approximate surface area is 154 Å². The van der Waals surface area contributed by atoms with E-state index in [1.165, 1.54) is 6.92 Å². The van der Waals surface area contributed by atoms with Gasteiger partial charge in [-0.15, -0.1) is 0 Å². The van der Waals surface area contributed by atoms with Crippen LogP contribution in [0.15, 0.2) is 59.0 Å². The molecule has 126 valence electrons. The highest BCUT2D eigenvalue weighted by Crippen LogP contribution is 2.35. The van der Waals surface area contributed by atoms with Gasteiger partial charge >= 0.3 is 0 Å². The molecule has 4 nitrogen and oxygen atoms in total. The van der Waals surface area contributed by atoms with E-state index in [-0.39, 0.29) is 11.5 Å². The lowest BCUT2D eigenvalue weighted by Gasteiger charge is -2.05. The molecule has 0 aliphatic heterocycles. The van der Waals surface area contributed by atoms with Gasteiger partial charge in [0.15, 0.2) is 11.5 Å². The first-order valence-corrected chi connectivity index (χ1v) is 8.18. The number of hydrogen-bond donors (Lipinski definition) is 1. The Morgan fingerprint density at radius 2 is 1.56 bits per heavy atom. The summed E-state index contributed by atoms with van der Waals surface area (Å²) in [6.45, 7) is 1.48. The Morgan fingerprint density at radius 3 is 2.16 bits per heavy atom. The Kier molecular flexibility index (Phi) is 4.93. The van der Waals surface area contributed by atoms with Crippen LogP contribution in [0, 0.1) is 0 Å². The number of ketones is 1. The van der Waals surface area contributed by atoms with Gasteiger partial charge in [0.05, 0.1) is 15.6 Å². The fraction of sp³-hybridized carbons (Fsp3) is 0.0526. The van der Waals surface area contributed by atoms with Gasteiger partial charge in [0, 0.05) is 11.3 Å². The predicted molar refractivity (Wildman–Crippen MR) is 98.6 cm³/mol. The Morgan fingerprint density at radius 1 is 0.920 bits per heavy atom. The van der Waals surface area contributed by atoms with Crippen molar-refractivity contribution in [3.05, 3.63) is 76.0 Å². The van der Waals surface area contributed by atoms with Gasteiger partial charge in [-0.25, -0.2) is 0 Å². The molecule has 0 radical (unpaired) electrons. The van der Waals surface area contributed by atoms with Crippen molar-refractivity contribution in [2.75, 3.05) is 5.32 Å². The topological polar surface area (TPSA) is 59.3 Å². The van der Waals surface area contributed by atoms with Crippen LogP contribution in [-0.4, -0.2) is 11.7 Å². The van der Waals surface area contributed by atoms with Crippen LogP contribution < -0.4 is 5.32 Å². The van der Waals surface area contributed by atoms with Crippen LogP contribution in [-0.2, 0) is 0 Å². The van der Waals surface area contributed by atoms with Gasteiger partial charge in [-0.2, -0.15) is 0 Å². The largest absolute Gasteiger partial charge is 0.451 e. The van der Waals surface area contributed by atoms with Gasteiger partial charge in [0.1, 0.15) is 5.76 Å². The van der Waals surface area contributed by atoms with E-state index in [1.807, 2.05) is 0 Å². The van der Waals surface area contributed by atoms with Crippen molar-refractivity contribution >= 4 is 40.6 Å². The molecule has 0 saturated carbocycles. The highest BCUT2D eigenvalue weighted by Gasteiger charge is 2.16. The van der Waals surface area contributed by atoms with Gasteiger partial charge < -0.3 is 9.73 Å². The summed E-state index contributed by atoms with van der Waals surface area (Å²) in [7, 11) is 0. The summed E-state index contributed by atoms with van der Waals surface area (Å²) in [6, 6.07) is 14.9. The van der Waals surface area contributed by atoms with Crippen LogP contribution in [0.5, 0.6) is 0 Å². The predicted octanol–water partition coefficient (Wildman–Crippen LogP) is 5.71. The molecule has 1 amide bonds. The van der Waals surface area contributed by atoms with Crippen molar-refractivity contribution in [3.63, 3.8) is 0 Å². The number of rotatable bonds is 4. The molecule has 0 unspecified atom stereocenters. The number of furan rings is 1. The lowest BCUT2D eigenvalue weighted by molar-refractivity contribution is 0.0995. The molecule has 0 spiro atoms. The van der Waals surface area contributed by atoms with Crippen LogP contribution in [0.3, 0.4) is 0 Å². The van der Waals surface area contributed by atoms with Gasteiger partial charge in [0.25, 0.3) is 5.91 Å². The second-order valence-corrected chi connectivity index (χ2v) is 6.16. The van der Waals surface area contributed by atoms with E-state index in [0.29, 0.717) is 32.6 Å². The maximum Gasteiger partial charge on any atom is 0.291 e. The molecule has 0 saturated heterocycles. The zero-order valence-corrected chi connectivity index (χ0v) is 14.7. The second-order valence-electron chi connectivity index (χ2n) is 5.35. The molecular formula is C19H13Cl2NO3. The molecule has 1 aromatic heterocycles. The van der Waals surface area contributed by atoms with E-state index in [9.17, 15) is 9.59 Å². The van der Waals surface area contributed by atoms with E-state index >= 15 is 0 Å². The van der Waals surface area contributed by atoms with Crippen molar-refractivity contribution in [2.45, 2.75) is 6.92 Å². The Balaban J connectivity index is 1.80. The lowest BCUT2D eigenvalue weighted by Crippen LogP contribution is -2.10. The van der Waals surface area contributed by atoms with Crippen molar-refractivity contribution in [1.29, 1.82) is 0 Å². The molecule has 25 heavy (non-hydrogen) atoms. The maximum atomic E-state index is 12.3. The number of amides is 1. The van der Waals surface area contributed by atoms with Gasteiger partial charge in [0.2, 0.25) is 0 Å². The summed E-state index contributed by atoms with van der Waals surface area (Å²) in [4.78, 5) is 23.6. The van der Waals surface area contributed by atoms with Crippen molar-refractivity contribution in [3.8, 4) is 11.3 Å². The van der Waals surface area contributed by atoms with E-state index in [4.69, 9.17) is 27.6 Å². The maximum absolute atomic E-state index is 12.3. The van der Waals surface area contributed by atoms with E-state index in [2.05, 4.69) is 5.32 Å². The van der Waals surface area contributed by atoms with E-state index in [1.54, 1.807) is 54.6 Å². The number of carbonyl (C=O) groups excluding carboxylic acids is 2. The highest BCUT2D eigenvalue weighted by molar-refractivity contribution is 6.39. The first-order valence-electron chi connectivity index (χ1n) is 7.42. The molecule has 0 aliphatic carbocycles. The summed E-state index contributed by atoms with van der Waals surface area (Å²) in [5.41, 5.74) is 1.67. The summed E-state index contributed by atoms with van der Waals surface area (Å²) in [6.07, 6.45) is 0. The minimum absolute atomic E-state index is 0.0369. The fourth-order valence-electron chi connectivity index (χ4n) is 2.31.